The number of aliphatic hydroxyl groups excluding tert-OH is 2. The number of nitrogens with one attached hydrogen (secondary N) is 1. The van der Waals surface area contributed by atoms with Crippen molar-refractivity contribution < 1.29 is 27.6 Å². The molecule has 0 bridgehead atoms. The maximum atomic E-state index is 13.8. The van der Waals surface area contributed by atoms with Gasteiger partial charge in [-0.25, -0.2) is 15.1 Å². The Bertz CT molecular complexity index is 1400. The first-order valence-corrected chi connectivity index (χ1v) is 14.4. The molecule has 204 valence electrons. The third-order valence-electron chi connectivity index (χ3n) is 7.74. The number of anilines is 1. The number of rotatable bonds is 9. The molecule has 2 aliphatic carbocycles. The molecule has 2 aliphatic rings. The molecule has 38 heavy (non-hydrogen) atoms. The van der Waals surface area contributed by atoms with Crippen LogP contribution in [0.5, 0.6) is 0 Å². The molecule has 11 nitrogen and oxygen atoms in total. The SMILES string of the molecule is NS(=O)(=O)OC[C@H]1C[C@@H](Nc2ncncc2C(=O)c2cn(CC3CCCCC3)c3ccccc23)[C@H](O)[C@@H]1O. The highest BCUT2D eigenvalue weighted by Crippen LogP contribution is 2.32. The van der Waals surface area contributed by atoms with Crippen molar-refractivity contribution in [2.24, 2.45) is 17.0 Å². The number of hydrogen-bond acceptors (Lipinski definition) is 9. The van der Waals surface area contributed by atoms with Crippen LogP contribution in [-0.4, -0.2) is 63.8 Å². The maximum absolute atomic E-state index is 13.8. The third kappa shape index (κ3) is 5.74. The predicted octanol–water partition coefficient (Wildman–Crippen LogP) is 1.98. The van der Waals surface area contributed by atoms with Gasteiger partial charge in [0.25, 0.3) is 0 Å². The van der Waals surface area contributed by atoms with Crippen LogP contribution < -0.4 is 10.5 Å². The molecule has 2 aromatic heterocycles. The van der Waals surface area contributed by atoms with E-state index in [2.05, 4.69) is 24.0 Å². The summed E-state index contributed by atoms with van der Waals surface area (Å²) in [7, 11) is -4.18. The van der Waals surface area contributed by atoms with E-state index in [0.29, 0.717) is 11.5 Å². The topological polar surface area (TPSA) is 170 Å². The van der Waals surface area contributed by atoms with Gasteiger partial charge < -0.3 is 20.1 Å². The molecule has 3 aromatic rings. The van der Waals surface area contributed by atoms with Gasteiger partial charge in [-0.3, -0.25) is 8.98 Å². The maximum Gasteiger partial charge on any atom is 0.333 e. The molecule has 1 aromatic carbocycles. The van der Waals surface area contributed by atoms with Crippen LogP contribution in [0.4, 0.5) is 5.82 Å². The Kier molecular flexibility index (Phi) is 7.78. The Hall–Kier alpha value is -2.90. The molecular formula is C26H33N5O6S. The number of nitrogens with two attached hydrogens (primary N) is 1. The first-order chi connectivity index (χ1) is 18.2. The molecule has 0 aliphatic heterocycles. The van der Waals surface area contributed by atoms with Gasteiger partial charge in [-0.05, 0) is 31.2 Å². The number of aliphatic hydroxyl groups is 2. The van der Waals surface area contributed by atoms with Crippen molar-refractivity contribution in [3.8, 4) is 0 Å². The van der Waals surface area contributed by atoms with Gasteiger partial charge in [0.1, 0.15) is 18.2 Å². The van der Waals surface area contributed by atoms with Gasteiger partial charge in [0.2, 0.25) is 0 Å². The van der Waals surface area contributed by atoms with Crippen LogP contribution in [-0.2, 0) is 21.0 Å². The van der Waals surface area contributed by atoms with Crippen LogP contribution >= 0.6 is 0 Å². The number of benzene rings is 1. The smallest absolute Gasteiger partial charge is 0.333 e. The molecule has 12 heteroatoms. The fourth-order valence-corrected chi connectivity index (χ4v) is 6.14. The van der Waals surface area contributed by atoms with E-state index in [1.807, 2.05) is 30.5 Å². The number of carbonyl (C=O) groups is 1. The third-order valence-corrected chi connectivity index (χ3v) is 8.20. The standard InChI is InChI=1S/C26H33N5O6S/c27-38(35,36)37-14-17-10-21(25(34)23(17)32)30-26-19(11-28-15-29-26)24(33)20-13-31(12-16-6-2-1-3-7-16)22-9-5-4-8-18(20)22/h4-5,8-9,11,13,15-17,21,23,25,32,34H,1-3,6-7,10,12,14H2,(H2,27,35,36)(H,28,29,30)/t17-,21-,23-,25+/m1/s1. The molecule has 0 saturated heterocycles. The number of para-hydroxylation sites is 1. The number of nitrogens with zero attached hydrogens (tertiary/aromatic N) is 3. The van der Waals surface area contributed by atoms with E-state index in [-0.39, 0.29) is 30.2 Å². The quantitative estimate of drug-likeness (QED) is 0.295. The van der Waals surface area contributed by atoms with Crippen LogP contribution in [0.15, 0.2) is 43.0 Å². The van der Waals surface area contributed by atoms with Crippen molar-refractivity contribution in [2.45, 2.75) is 63.3 Å². The number of ketones is 1. The zero-order valence-corrected chi connectivity index (χ0v) is 21.8. The van der Waals surface area contributed by atoms with E-state index < -0.39 is 34.5 Å². The Labute approximate surface area is 221 Å². The minimum absolute atomic E-state index is 0.177. The molecule has 2 heterocycles. The van der Waals surface area contributed by atoms with Crippen LogP contribution in [0.1, 0.15) is 54.4 Å². The average Bonchev–Trinajstić information content (AvgIpc) is 3.40. The molecular weight excluding hydrogens is 510 g/mol. The molecule has 5 rings (SSSR count). The summed E-state index contributed by atoms with van der Waals surface area (Å²) in [6.07, 6.45) is 8.48. The summed E-state index contributed by atoms with van der Waals surface area (Å²) in [6, 6.07) is 7.13. The monoisotopic (exact) mass is 543 g/mol. The Balaban J connectivity index is 1.39. The molecule has 0 amide bonds. The largest absolute Gasteiger partial charge is 0.390 e. The zero-order chi connectivity index (χ0) is 26.9. The molecule has 4 atom stereocenters. The molecule has 2 fully saturated rings. The number of fused-ring (bicyclic) bond motifs is 1. The van der Waals surface area contributed by atoms with E-state index >= 15 is 0 Å². The fraction of sp³-hybridized carbons (Fsp3) is 0.500. The van der Waals surface area contributed by atoms with E-state index in [0.717, 1.165) is 17.4 Å². The Morgan fingerprint density at radius 1 is 1.13 bits per heavy atom. The van der Waals surface area contributed by atoms with E-state index in [1.165, 1.54) is 44.6 Å². The van der Waals surface area contributed by atoms with Gasteiger partial charge in [-0.2, -0.15) is 8.42 Å². The lowest BCUT2D eigenvalue weighted by Crippen LogP contribution is -2.36. The van der Waals surface area contributed by atoms with E-state index in [4.69, 9.17) is 5.14 Å². The first-order valence-electron chi connectivity index (χ1n) is 12.9. The van der Waals surface area contributed by atoms with Gasteiger partial charge >= 0.3 is 10.3 Å². The highest BCUT2D eigenvalue weighted by atomic mass is 32.2. The molecule has 5 N–H and O–H groups in total. The second-order valence-corrected chi connectivity index (χ2v) is 11.6. The van der Waals surface area contributed by atoms with Crippen molar-refractivity contribution >= 4 is 32.8 Å². The van der Waals surface area contributed by atoms with Crippen molar-refractivity contribution in [3.05, 3.63) is 54.1 Å². The number of hydrogen-bond donors (Lipinski definition) is 4. The summed E-state index contributed by atoms with van der Waals surface area (Å²) < 4.78 is 29.1. The molecule has 0 spiro atoms. The summed E-state index contributed by atoms with van der Waals surface area (Å²) in [6.45, 7) is 0.490. The second-order valence-electron chi connectivity index (χ2n) is 10.3. The lowest BCUT2D eigenvalue weighted by Gasteiger charge is -2.22. The Morgan fingerprint density at radius 3 is 2.66 bits per heavy atom. The average molecular weight is 544 g/mol. The van der Waals surface area contributed by atoms with Crippen LogP contribution in [0.2, 0.25) is 0 Å². The van der Waals surface area contributed by atoms with Crippen molar-refractivity contribution in [2.75, 3.05) is 11.9 Å². The normalized spacial score (nSPS) is 24.6. The van der Waals surface area contributed by atoms with Crippen molar-refractivity contribution in [1.29, 1.82) is 0 Å². The van der Waals surface area contributed by atoms with Gasteiger partial charge in [-0.1, -0.05) is 37.5 Å². The fourth-order valence-electron chi connectivity index (χ4n) is 5.77. The highest BCUT2D eigenvalue weighted by molar-refractivity contribution is 7.84. The molecule has 0 radical (unpaired) electrons. The van der Waals surface area contributed by atoms with Gasteiger partial charge in [0.05, 0.1) is 24.3 Å². The van der Waals surface area contributed by atoms with Gasteiger partial charge in [-0.15, -0.1) is 0 Å². The summed E-state index contributed by atoms with van der Waals surface area (Å²) in [5.74, 6) is -0.131. The number of carbonyl (C=O) groups excluding carboxylic acids is 1. The number of aromatic nitrogens is 3. The summed E-state index contributed by atoms with van der Waals surface area (Å²) in [5, 5.41) is 29.8. The lowest BCUT2D eigenvalue weighted by molar-refractivity contribution is 0.00778. The van der Waals surface area contributed by atoms with Gasteiger partial charge in [0.15, 0.2) is 5.78 Å². The predicted molar refractivity (Wildman–Crippen MR) is 141 cm³/mol. The molecule has 2 saturated carbocycles. The van der Waals surface area contributed by atoms with Crippen LogP contribution in [0.25, 0.3) is 10.9 Å². The lowest BCUT2D eigenvalue weighted by atomic mass is 9.89. The minimum Gasteiger partial charge on any atom is -0.390 e. The molecule has 0 unspecified atom stereocenters. The van der Waals surface area contributed by atoms with Crippen LogP contribution in [0.3, 0.4) is 0 Å². The first kappa shape index (κ1) is 26.7. The van der Waals surface area contributed by atoms with Crippen LogP contribution in [0, 0.1) is 11.8 Å². The summed E-state index contributed by atoms with van der Waals surface area (Å²) in [4.78, 5) is 22.1. The van der Waals surface area contributed by atoms with Gasteiger partial charge in [0, 0.05) is 41.3 Å². The summed E-state index contributed by atoms with van der Waals surface area (Å²) >= 11 is 0. The Morgan fingerprint density at radius 2 is 1.89 bits per heavy atom. The van der Waals surface area contributed by atoms with E-state index in [1.54, 1.807) is 0 Å². The zero-order valence-electron chi connectivity index (χ0n) is 20.9. The van der Waals surface area contributed by atoms with E-state index in [9.17, 15) is 23.4 Å². The van der Waals surface area contributed by atoms with Crippen molar-refractivity contribution in [1.82, 2.24) is 14.5 Å². The second kappa shape index (κ2) is 11.1. The highest BCUT2D eigenvalue weighted by Gasteiger charge is 2.42. The summed E-state index contributed by atoms with van der Waals surface area (Å²) in [5.41, 5.74) is 1.78. The van der Waals surface area contributed by atoms with Crippen molar-refractivity contribution in [3.63, 3.8) is 0 Å². The minimum atomic E-state index is -4.18.